The zero-order valence-electron chi connectivity index (χ0n) is 15.3. The van der Waals surface area contributed by atoms with E-state index in [9.17, 15) is 0 Å². The second-order valence-corrected chi connectivity index (χ2v) is 7.15. The highest BCUT2D eigenvalue weighted by molar-refractivity contribution is 5.40. The molecular formula is C19H30O4. The first-order valence-electron chi connectivity index (χ1n) is 8.35. The van der Waals surface area contributed by atoms with Gasteiger partial charge in [0.15, 0.2) is 5.79 Å². The van der Waals surface area contributed by atoms with Crippen LogP contribution in [0.15, 0.2) is 18.2 Å². The van der Waals surface area contributed by atoms with Crippen LogP contribution in [-0.2, 0) is 14.2 Å². The molecule has 1 aliphatic heterocycles. The Morgan fingerprint density at radius 3 is 2.74 bits per heavy atom. The van der Waals surface area contributed by atoms with Gasteiger partial charge in [0, 0.05) is 26.9 Å². The maximum absolute atomic E-state index is 6.06. The summed E-state index contributed by atoms with van der Waals surface area (Å²) in [6.07, 6.45) is 1.95. The quantitative estimate of drug-likeness (QED) is 0.574. The van der Waals surface area contributed by atoms with Crippen LogP contribution in [0.5, 0.6) is 5.75 Å². The highest BCUT2D eigenvalue weighted by Gasteiger charge is 2.30. The number of fused-ring (bicyclic) bond motifs is 1. The number of benzene rings is 1. The van der Waals surface area contributed by atoms with Gasteiger partial charge in [-0.25, -0.2) is 0 Å². The van der Waals surface area contributed by atoms with Crippen molar-refractivity contribution in [2.75, 3.05) is 20.3 Å². The van der Waals surface area contributed by atoms with E-state index < -0.39 is 11.6 Å². The Hall–Kier alpha value is -1.10. The summed E-state index contributed by atoms with van der Waals surface area (Å²) in [6.45, 7) is 11.2. The fraction of sp³-hybridized carbons (Fsp3) is 0.684. The molecule has 0 bridgehead atoms. The third kappa shape index (κ3) is 5.20. The van der Waals surface area contributed by atoms with Gasteiger partial charge in [0.1, 0.15) is 5.75 Å². The van der Waals surface area contributed by atoms with Crippen molar-refractivity contribution >= 4 is 0 Å². The molecule has 0 fully saturated rings. The Kier molecular flexibility index (Phi) is 5.71. The summed E-state index contributed by atoms with van der Waals surface area (Å²) in [4.78, 5) is 0. The van der Waals surface area contributed by atoms with Gasteiger partial charge in [0.25, 0.3) is 0 Å². The predicted octanol–water partition coefficient (Wildman–Crippen LogP) is 4.40. The van der Waals surface area contributed by atoms with Gasteiger partial charge in [0.05, 0.1) is 13.2 Å². The molecule has 0 spiro atoms. The van der Waals surface area contributed by atoms with E-state index in [2.05, 4.69) is 25.1 Å². The highest BCUT2D eigenvalue weighted by Crippen LogP contribution is 2.37. The summed E-state index contributed by atoms with van der Waals surface area (Å²) >= 11 is 0. The van der Waals surface area contributed by atoms with Crippen molar-refractivity contribution in [3.63, 3.8) is 0 Å². The standard InChI is InChI=1S/C19H30O4/c1-14-9-10-16-15(8-7-11-21-18(2,3)20-6)13-22-19(4,5)23-17(16)12-14/h9-10,12,15H,7-8,11,13H2,1-6H3/t15-/m1/s1. The summed E-state index contributed by atoms with van der Waals surface area (Å²) in [5.41, 5.74) is 2.43. The van der Waals surface area contributed by atoms with Crippen molar-refractivity contribution in [1.82, 2.24) is 0 Å². The van der Waals surface area contributed by atoms with Crippen molar-refractivity contribution < 1.29 is 18.9 Å². The van der Waals surface area contributed by atoms with E-state index in [1.807, 2.05) is 27.7 Å². The van der Waals surface area contributed by atoms with Gasteiger partial charge in [-0.15, -0.1) is 0 Å². The molecule has 1 heterocycles. The fourth-order valence-corrected chi connectivity index (χ4v) is 2.70. The van der Waals surface area contributed by atoms with Crippen LogP contribution < -0.4 is 4.74 Å². The summed E-state index contributed by atoms with van der Waals surface area (Å²) < 4.78 is 23.1. The molecule has 130 valence electrons. The lowest BCUT2D eigenvalue weighted by Gasteiger charge is -2.24. The number of rotatable bonds is 6. The number of ether oxygens (including phenoxy) is 4. The van der Waals surface area contributed by atoms with Gasteiger partial charge in [-0.3, -0.25) is 0 Å². The molecule has 0 amide bonds. The molecule has 0 aromatic heterocycles. The van der Waals surface area contributed by atoms with Gasteiger partial charge in [-0.1, -0.05) is 12.1 Å². The number of hydrogen-bond donors (Lipinski definition) is 0. The molecule has 1 atom stereocenters. The van der Waals surface area contributed by atoms with Crippen LogP contribution in [0.1, 0.15) is 57.6 Å². The van der Waals surface area contributed by atoms with Crippen molar-refractivity contribution in [3.05, 3.63) is 29.3 Å². The topological polar surface area (TPSA) is 36.9 Å². The lowest BCUT2D eigenvalue weighted by Crippen LogP contribution is -2.31. The zero-order chi connectivity index (χ0) is 17.1. The van der Waals surface area contributed by atoms with Crippen LogP contribution in [0.4, 0.5) is 0 Å². The first kappa shape index (κ1) is 18.2. The molecule has 0 radical (unpaired) electrons. The van der Waals surface area contributed by atoms with Crippen LogP contribution >= 0.6 is 0 Å². The fourth-order valence-electron chi connectivity index (χ4n) is 2.70. The van der Waals surface area contributed by atoms with Gasteiger partial charge in [-0.05, 0) is 50.8 Å². The van der Waals surface area contributed by atoms with E-state index in [1.54, 1.807) is 7.11 Å². The average Bonchev–Trinajstić information content (AvgIpc) is 2.59. The van der Waals surface area contributed by atoms with E-state index in [0.29, 0.717) is 19.1 Å². The van der Waals surface area contributed by atoms with E-state index in [-0.39, 0.29) is 0 Å². The summed E-state index contributed by atoms with van der Waals surface area (Å²) in [5, 5.41) is 0. The van der Waals surface area contributed by atoms with Crippen LogP contribution in [-0.4, -0.2) is 31.9 Å². The second-order valence-electron chi connectivity index (χ2n) is 7.15. The average molecular weight is 322 g/mol. The molecular weight excluding hydrogens is 292 g/mol. The Morgan fingerprint density at radius 1 is 1.30 bits per heavy atom. The molecule has 23 heavy (non-hydrogen) atoms. The van der Waals surface area contributed by atoms with E-state index in [1.165, 1.54) is 11.1 Å². The van der Waals surface area contributed by atoms with Crippen molar-refractivity contribution in [2.24, 2.45) is 0 Å². The number of hydrogen-bond acceptors (Lipinski definition) is 4. The third-order valence-electron chi connectivity index (χ3n) is 4.23. The molecule has 0 unspecified atom stereocenters. The normalized spacial score (nSPS) is 20.5. The molecule has 1 aromatic carbocycles. The van der Waals surface area contributed by atoms with E-state index in [4.69, 9.17) is 18.9 Å². The molecule has 4 heteroatoms. The lowest BCUT2D eigenvalue weighted by atomic mass is 9.93. The maximum Gasteiger partial charge on any atom is 0.204 e. The van der Waals surface area contributed by atoms with E-state index in [0.717, 1.165) is 18.6 Å². The third-order valence-corrected chi connectivity index (χ3v) is 4.23. The van der Waals surface area contributed by atoms with Crippen molar-refractivity contribution in [3.8, 4) is 5.75 Å². The highest BCUT2D eigenvalue weighted by atomic mass is 16.7. The van der Waals surface area contributed by atoms with Crippen LogP contribution in [0, 0.1) is 6.92 Å². The molecule has 1 aromatic rings. The lowest BCUT2D eigenvalue weighted by molar-refractivity contribution is -0.197. The van der Waals surface area contributed by atoms with Crippen LogP contribution in [0.2, 0.25) is 0 Å². The molecule has 2 rings (SSSR count). The summed E-state index contributed by atoms with van der Waals surface area (Å²) in [7, 11) is 1.66. The Balaban J connectivity index is 2.02. The Bertz CT molecular complexity index is 522. The van der Waals surface area contributed by atoms with Gasteiger partial charge >= 0.3 is 0 Å². The largest absolute Gasteiger partial charge is 0.463 e. The minimum Gasteiger partial charge on any atom is -0.463 e. The molecule has 4 nitrogen and oxygen atoms in total. The van der Waals surface area contributed by atoms with Gasteiger partial charge in [0.2, 0.25) is 5.79 Å². The first-order valence-corrected chi connectivity index (χ1v) is 8.35. The SMILES string of the molecule is COC(C)(C)OCCC[C@@H]1COC(C)(C)Oc2cc(C)ccc21. The van der Waals surface area contributed by atoms with E-state index >= 15 is 0 Å². The second kappa shape index (κ2) is 7.20. The smallest absolute Gasteiger partial charge is 0.204 e. The van der Waals surface area contributed by atoms with Gasteiger partial charge < -0.3 is 18.9 Å². The predicted molar refractivity (Wildman–Crippen MR) is 90.9 cm³/mol. The monoisotopic (exact) mass is 322 g/mol. The molecule has 0 aliphatic carbocycles. The minimum absolute atomic E-state index is 0.321. The van der Waals surface area contributed by atoms with Crippen molar-refractivity contribution in [2.45, 2.75) is 65.0 Å². The number of methoxy groups -OCH3 is 1. The minimum atomic E-state index is -0.591. The Morgan fingerprint density at radius 2 is 2.04 bits per heavy atom. The molecule has 0 saturated carbocycles. The first-order chi connectivity index (χ1) is 10.7. The maximum atomic E-state index is 6.06. The summed E-state index contributed by atoms with van der Waals surface area (Å²) in [5.74, 6) is 0.142. The zero-order valence-corrected chi connectivity index (χ0v) is 15.3. The van der Waals surface area contributed by atoms with Crippen LogP contribution in [0.3, 0.4) is 0 Å². The molecule has 0 N–H and O–H groups in total. The molecule has 0 saturated heterocycles. The van der Waals surface area contributed by atoms with Gasteiger partial charge in [-0.2, -0.15) is 0 Å². The Labute approximate surface area is 140 Å². The number of aryl methyl sites for hydroxylation is 1. The van der Waals surface area contributed by atoms with Crippen molar-refractivity contribution in [1.29, 1.82) is 0 Å². The molecule has 1 aliphatic rings. The van der Waals surface area contributed by atoms with Crippen LogP contribution in [0.25, 0.3) is 0 Å². The summed E-state index contributed by atoms with van der Waals surface area (Å²) in [6, 6.07) is 6.40.